The van der Waals surface area contributed by atoms with E-state index in [1.54, 1.807) is 61.7 Å². The molecule has 1 amide bonds. The van der Waals surface area contributed by atoms with Gasteiger partial charge in [0.15, 0.2) is 10.9 Å². The fourth-order valence-corrected chi connectivity index (χ4v) is 5.43. The topological polar surface area (TPSA) is 134 Å². The van der Waals surface area contributed by atoms with Crippen molar-refractivity contribution in [3.8, 4) is 5.75 Å². The van der Waals surface area contributed by atoms with E-state index in [9.17, 15) is 24.6 Å². The molecule has 1 aliphatic rings. The number of hydrogen-bond acceptors (Lipinski definition) is 9. The number of carbonyl (C=O) groups excluding carboxylic acids is 3. The van der Waals surface area contributed by atoms with E-state index in [4.69, 9.17) is 4.74 Å². The van der Waals surface area contributed by atoms with Crippen LogP contribution < -0.4 is 4.90 Å². The molecule has 1 aromatic carbocycles. The van der Waals surface area contributed by atoms with Crippen molar-refractivity contribution in [2.24, 2.45) is 0 Å². The summed E-state index contributed by atoms with van der Waals surface area (Å²) in [4.78, 5) is 49.5. The van der Waals surface area contributed by atoms with E-state index in [-0.39, 0.29) is 33.6 Å². The van der Waals surface area contributed by atoms with Crippen LogP contribution >= 0.6 is 11.3 Å². The smallest absolute Gasteiger partial charge is 0.350 e. The second-order valence-corrected chi connectivity index (χ2v) is 9.35. The molecule has 0 saturated carbocycles. The number of fused-ring (bicyclic) bond motifs is 1. The molecule has 1 fully saturated rings. The van der Waals surface area contributed by atoms with Crippen LogP contribution in [0.4, 0.5) is 5.13 Å². The van der Waals surface area contributed by atoms with Crippen molar-refractivity contribution in [1.29, 1.82) is 0 Å². The summed E-state index contributed by atoms with van der Waals surface area (Å²) in [5.74, 6) is -2.94. The number of benzene rings is 1. The van der Waals surface area contributed by atoms with Gasteiger partial charge in [0.25, 0.3) is 5.78 Å². The number of esters is 1. The van der Waals surface area contributed by atoms with E-state index in [0.29, 0.717) is 22.6 Å². The van der Waals surface area contributed by atoms with Gasteiger partial charge in [-0.25, -0.2) is 14.8 Å². The Morgan fingerprint density at radius 1 is 1.11 bits per heavy atom. The first-order valence-corrected chi connectivity index (χ1v) is 12.2. The van der Waals surface area contributed by atoms with Crippen molar-refractivity contribution >= 4 is 45.5 Å². The summed E-state index contributed by atoms with van der Waals surface area (Å²) in [6.45, 7) is 5.14. The van der Waals surface area contributed by atoms with Crippen molar-refractivity contribution in [1.82, 2.24) is 14.4 Å². The minimum atomic E-state index is -1.12. The second kappa shape index (κ2) is 9.17. The summed E-state index contributed by atoms with van der Waals surface area (Å²) in [5.41, 5.74) is 1.81. The number of phenolic OH excluding ortho intramolecular Hbond substituents is 1. The van der Waals surface area contributed by atoms with Crippen LogP contribution in [0.5, 0.6) is 5.75 Å². The van der Waals surface area contributed by atoms with E-state index in [0.717, 1.165) is 16.2 Å². The fraction of sp³-hybridized carbons (Fsp3) is 0.192. The quantitative estimate of drug-likeness (QED) is 0.176. The zero-order chi connectivity index (χ0) is 26.4. The lowest BCUT2D eigenvalue weighted by molar-refractivity contribution is -0.132. The maximum atomic E-state index is 13.5. The van der Waals surface area contributed by atoms with E-state index in [2.05, 4.69) is 9.97 Å². The second-order valence-electron chi connectivity index (χ2n) is 8.37. The molecule has 5 rings (SSSR count). The number of pyridine rings is 1. The molecule has 10 nitrogen and oxygen atoms in total. The van der Waals surface area contributed by atoms with Crippen LogP contribution in [0.15, 0.2) is 54.2 Å². The molecule has 1 aliphatic heterocycles. The molecule has 1 saturated heterocycles. The third-order valence-electron chi connectivity index (χ3n) is 6.01. The Bertz CT molecular complexity index is 1620. The number of aryl methyl sites for hydroxylation is 2. The van der Waals surface area contributed by atoms with Crippen LogP contribution in [-0.4, -0.2) is 48.8 Å². The number of ketones is 1. The van der Waals surface area contributed by atoms with Crippen LogP contribution in [0.25, 0.3) is 11.4 Å². The Hall–Kier alpha value is -4.51. The zero-order valence-electron chi connectivity index (χ0n) is 20.1. The number of aliphatic hydroxyl groups is 1. The van der Waals surface area contributed by atoms with Gasteiger partial charge in [0, 0.05) is 6.20 Å². The van der Waals surface area contributed by atoms with Gasteiger partial charge in [-0.15, -0.1) is 0 Å². The molecule has 0 bridgehead atoms. The molecule has 11 heteroatoms. The number of ether oxygens (including phenoxy) is 1. The number of aromatic nitrogens is 3. The molecule has 4 heterocycles. The maximum Gasteiger partial charge on any atom is 0.350 e. The Morgan fingerprint density at radius 3 is 2.62 bits per heavy atom. The van der Waals surface area contributed by atoms with Crippen LogP contribution in [0.2, 0.25) is 0 Å². The average Bonchev–Trinajstić information content (AvgIpc) is 3.49. The summed E-state index contributed by atoms with van der Waals surface area (Å²) in [7, 11) is 0. The van der Waals surface area contributed by atoms with E-state index >= 15 is 0 Å². The predicted molar refractivity (Wildman–Crippen MR) is 136 cm³/mol. The Balaban J connectivity index is 1.75. The number of aliphatic hydroxyl groups excluding tert-OH is 1. The number of thiazole rings is 1. The number of carbonyl (C=O) groups is 3. The van der Waals surface area contributed by atoms with Crippen LogP contribution in [0.3, 0.4) is 0 Å². The third kappa shape index (κ3) is 3.93. The number of aromatic hydroxyl groups is 1. The lowest BCUT2D eigenvalue weighted by Crippen LogP contribution is -2.29. The van der Waals surface area contributed by atoms with Crippen molar-refractivity contribution in [3.05, 3.63) is 81.8 Å². The Labute approximate surface area is 215 Å². The van der Waals surface area contributed by atoms with Crippen LogP contribution in [0.1, 0.15) is 45.3 Å². The summed E-state index contributed by atoms with van der Waals surface area (Å²) >= 11 is 0.913. The monoisotopic (exact) mass is 518 g/mol. The molecule has 1 atom stereocenters. The van der Waals surface area contributed by atoms with Crippen molar-refractivity contribution in [2.45, 2.75) is 26.8 Å². The normalized spacial score (nSPS) is 17.1. The first-order valence-electron chi connectivity index (χ1n) is 11.4. The van der Waals surface area contributed by atoms with Gasteiger partial charge in [0.05, 0.1) is 29.6 Å². The van der Waals surface area contributed by atoms with Crippen LogP contribution in [-0.2, 0) is 14.3 Å². The third-order valence-corrected chi connectivity index (χ3v) is 7.15. The number of nitrogens with zero attached hydrogens (tertiary/aromatic N) is 4. The van der Waals surface area contributed by atoms with Gasteiger partial charge in [0.2, 0.25) is 0 Å². The average molecular weight is 519 g/mol. The molecule has 188 valence electrons. The molecule has 4 aromatic rings. The number of amides is 1. The van der Waals surface area contributed by atoms with Crippen LogP contribution in [0, 0.1) is 13.8 Å². The van der Waals surface area contributed by atoms with Gasteiger partial charge in [0.1, 0.15) is 22.0 Å². The number of anilines is 1. The molecule has 1 unspecified atom stereocenters. The highest BCUT2D eigenvalue weighted by Crippen LogP contribution is 2.44. The highest BCUT2D eigenvalue weighted by Gasteiger charge is 2.49. The number of imidazole rings is 1. The van der Waals surface area contributed by atoms with Crippen molar-refractivity contribution < 1.29 is 29.3 Å². The number of Topliss-reactive ketones (excluding diaryl/α,β-unsaturated/α-hetero) is 1. The molecule has 3 aromatic heterocycles. The minimum absolute atomic E-state index is 0.0865. The van der Waals surface area contributed by atoms with Gasteiger partial charge >= 0.3 is 11.9 Å². The zero-order valence-corrected chi connectivity index (χ0v) is 20.9. The number of hydrogen-bond donors (Lipinski definition) is 2. The molecular weight excluding hydrogens is 496 g/mol. The molecule has 0 spiro atoms. The summed E-state index contributed by atoms with van der Waals surface area (Å²) in [6, 6.07) is 10.2. The van der Waals surface area contributed by atoms with Gasteiger partial charge < -0.3 is 14.9 Å². The van der Waals surface area contributed by atoms with Crippen molar-refractivity contribution in [2.75, 3.05) is 11.5 Å². The number of phenols is 1. The molecular formula is C26H22N4O6S. The summed E-state index contributed by atoms with van der Waals surface area (Å²) < 4.78 is 6.72. The lowest BCUT2D eigenvalue weighted by atomic mass is 9.96. The Kier molecular flexibility index (Phi) is 6.00. The highest BCUT2D eigenvalue weighted by molar-refractivity contribution is 7.17. The predicted octanol–water partition coefficient (Wildman–Crippen LogP) is 3.92. The summed E-state index contributed by atoms with van der Waals surface area (Å²) in [6.07, 6.45) is 1.69. The fourth-order valence-electron chi connectivity index (χ4n) is 4.44. The first kappa shape index (κ1) is 24.2. The molecule has 0 aliphatic carbocycles. The first-order chi connectivity index (χ1) is 17.7. The van der Waals surface area contributed by atoms with Gasteiger partial charge in [-0.1, -0.05) is 29.5 Å². The Morgan fingerprint density at radius 2 is 1.89 bits per heavy atom. The van der Waals surface area contributed by atoms with E-state index in [1.807, 2.05) is 0 Å². The van der Waals surface area contributed by atoms with Gasteiger partial charge in [-0.3, -0.25) is 18.9 Å². The van der Waals surface area contributed by atoms with Crippen molar-refractivity contribution in [3.63, 3.8) is 0 Å². The van der Waals surface area contributed by atoms with E-state index in [1.165, 1.54) is 12.1 Å². The van der Waals surface area contributed by atoms with E-state index < -0.39 is 29.5 Å². The molecule has 37 heavy (non-hydrogen) atoms. The lowest BCUT2D eigenvalue weighted by Gasteiger charge is -2.23. The standard InChI is InChI=1S/C26H22N4O6S/c1-4-36-25(35)23-14(3)28-26(37-23)30-20(15-8-7-9-16(31)12-15)18(22(33)24(30)34)21(32)19-13(2)27-17-10-5-6-11-29(17)19/h5-12,20,31-32H,4H2,1-3H3/b21-18+. The molecule has 2 N–H and O–H groups in total. The highest BCUT2D eigenvalue weighted by atomic mass is 32.1. The maximum absolute atomic E-state index is 13.5. The molecule has 0 radical (unpaired) electrons. The number of rotatable bonds is 5. The minimum Gasteiger partial charge on any atom is -0.508 e. The summed E-state index contributed by atoms with van der Waals surface area (Å²) in [5, 5.41) is 21.8. The van der Waals surface area contributed by atoms with Gasteiger partial charge in [-0.2, -0.15) is 0 Å². The SMILES string of the molecule is CCOC(=O)c1sc(N2C(=O)C(=O)/C(=C(/O)c3c(C)nc4ccccn34)C2c2cccc(O)c2)nc1C. The largest absolute Gasteiger partial charge is 0.508 e. The van der Waals surface area contributed by atoms with Gasteiger partial charge in [-0.05, 0) is 50.6 Å².